The molecule has 0 N–H and O–H groups in total. The fraction of sp³-hybridized carbons (Fsp3) is 0.350. The number of carbonyl (C=O) groups excluding carboxylic acids is 1. The number of carbonyl (C=O) groups is 1. The molecule has 2 aromatic carbocycles. The SMILES string of the molecule is COc1ccc(S(=O)(=O)N2C[C@H](C)N(C(=O)N(C)C)[C@@H]2c2ccccc2)cc1. The smallest absolute Gasteiger partial charge is 0.321 e. The van der Waals surface area contributed by atoms with Gasteiger partial charge in [0.2, 0.25) is 10.0 Å². The van der Waals surface area contributed by atoms with Crippen molar-refractivity contribution in [3.05, 3.63) is 60.2 Å². The summed E-state index contributed by atoms with van der Waals surface area (Å²) in [6.45, 7) is 2.08. The van der Waals surface area contributed by atoms with E-state index >= 15 is 0 Å². The van der Waals surface area contributed by atoms with Crippen LogP contribution in [0.15, 0.2) is 59.5 Å². The van der Waals surface area contributed by atoms with Crippen LogP contribution in [0.4, 0.5) is 4.79 Å². The lowest BCUT2D eigenvalue weighted by Gasteiger charge is -2.33. The maximum absolute atomic E-state index is 13.4. The zero-order chi connectivity index (χ0) is 20.5. The maximum Gasteiger partial charge on any atom is 0.321 e. The van der Waals surface area contributed by atoms with Crippen molar-refractivity contribution in [1.82, 2.24) is 14.1 Å². The molecule has 8 heteroatoms. The number of nitrogens with zero attached hydrogens (tertiary/aromatic N) is 3. The van der Waals surface area contributed by atoms with E-state index in [1.54, 1.807) is 31.1 Å². The van der Waals surface area contributed by atoms with Crippen LogP contribution in [-0.2, 0) is 10.0 Å². The van der Waals surface area contributed by atoms with Gasteiger partial charge < -0.3 is 9.64 Å². The Hall–Kier alpha value is -2.58. The van der Waals surface area contributed by atoms with Crippen molar-refractivity contribution in [3.63, 3.8) is 0 Å². The van der Waals surface area contributed by atoms with Gasteiger partial charge in [0.05, 0.1) is 12.0 Å². The van der Waals surface area contributed by atoms with Gasteiger partial charge in [-0.25, -0.2) is 13.2 Å². The third-order valence-electron chi connectivity index (χ3n) is 4.82. The molecule has 0 spiro atoms. The largest absolute Gasteiger partial charge is 0.497 e. The summed E-state index contributed by atoms with van der Waals surface area (Å²) in [6.07, 6.45) is -0.710. The number of hydrogen-bond acceptors (Lipinski definition) is 4. The molecule has 0 bridgehead atoms. The number of rotatable bonds is 4. The monoisotopic (exact) mass is 403 g/mol. The molecule has 1 heterocycles. The van der Waals surface area contributed by atoms with E-state index < -0.39 is 16.2 Å². The molecule has 0 aliphatic carbocycles. The molecular formula is C20H25N3O4S. The van der Waals surface area contributed by atoms with Crippen LogP contribution >= 0.6 is 0 Å². The Morgan fingerprint density at radius 1 is 1.07 bits per heavy atom. The molecule has 28 heavy (non-hydrogen) atoms. The lowest BCUT2D eigenvalue weighted by Crippen LogP contribution is -2.44. The van der Waals surface area contributed by atoms with Crippen molar-refractivity contribution < 1.29 is 17.9 Å². The second-order valence-corrected chi connectivity index (χ2v) is 8.86. The van der Waals surface area contributed by atoms with Crippen LogP contribution in [0.3, 0.4) is 0 Å². The van der Waals surface area contributed by atoms with Crippen molar-refractivity contribution >= 4 is 16.1 Å². The minimum absolute atomic E-state index is 0.167. The maximum atomic E-state index is 13.4. The van der Waals surface area contributed by atoms with Crippen molar-refractivity contribution in [2.75, 3.05) is 27.7 Å². The number of hydrogen-bond donors (Lipinski definition) is 0. The summed E-state index contributed by atoms with van der Waals surface area (Å²) in [5.74, 6) is 0.581. The fourth-order valence-corrected chi connectivity index (χ4v) is 5.07. The minimum atomic E-state index is -3.82. The first-order valence-electron chi connectivity index (χ1n) is 8.98. The summed E-state index contributed by atoms with van der Waals surface area (Å²) in [5, 5.41) is 0. The predicted molar refractivity (Wildman–Crippen MR) is 106 cm³/mol. The van der Waals surface area contributed by atoms with E-state index in [1.165, 1.54) is 28.4 Å². The van der Waals surface area contributed by atoms with Crippen LogP contribution < -0.4 is 4.74 Å². The second kappa shape index (κ2) is 7.81. The van der Waals surface area contributed by atoms with Crippen LogP contribution in [0.1, 0.15) is 18.7 Å². The number of methoxy groups -OCH3 is 1. The molecule has 1 aliphatic heterocycles. The zero-order valence-electron chi connectivity index (χ0n) is 16.4. The summed E-state index contributed by atoms with van der Waals surface area (Å²) < 4.78 is 33.4. The Balaban J connectivity index is 2.08. The van der Waals surface area contributed by atoms with E-state index in [0.29, 0.717) is 5.75 Å². The third-order valence-corrected chi connectivity index (χ3v) is 6.66. The molecule has 1 saturated heterocycles. The van der Waals surface area contributed by atoms with Crippen molar-refractivity contribution in [1.29, 1.82) is 0 Å². The molecule has 150 valence electrons. The minimum Gasteiger partial charge on any atom is -0.497 e. The fourth-order valence-electron chi connectivity index (χ4n) is 3.42. The zero-order valence-corrected chi connectivity index (χ0v) is 17.3. The van der Waals surface area contributed by atoms with Crippen LogP contribution in [0.25, 0.3) is 0 Å². The molecule has 2 aromatic rings. The lowest BCUT2D eigenvalue weighted by molar-refractivity contribution is 0.138. The van der Waals surface area contributed by atoms with Gasteiger partial charge in [-0.1, -0.05) is 30.3 Å². The molecule has 2 atom stereocenters. The number of amides is 2. The number of sulfonamides is 1. The Morgan fingerprint density at radius 2 is 1.68 bits per heavy atom. The molecule has 3 rings (SSSR count). The van der Waals surface area contributed by atoms with Gasteiger partial charge in [0.1, 0.15) is 11.9 Å². The average molecular weight is 404 g/mol. The highest BCUT2D eigenvalue weighted by atomic mass is 32.2. The highest BCUT2D eigenvalue weighted by molar-refractivity contribution is 7.89. The molecule has 2 amide bonds. The van der Waals surface area contributed by atoms with Gasteiger partial charge in [-0.15, -0.1) is 0 Å². The Labute approximate surface area is 166 Å². The van der Waals surface area contributed by atoms with Crippen LogP contribution in [0.2, 0.25) is 0 Å². The molecular weight excluding hydrogens is 378 g/mol. The summed E-state index contributed by atoms with van der Waals surface area (Å²) in [5.41, 5.74) is 0.749. The van der Waals surface area contributed by atoms with Gasteiger partial charge in [0.15, 0.2) is 0 Å². The average Bonchev–Trinajstić information content (AvgIpc) is 3.05. The Bertz CT molecular complexity index is 930. The Kier molecular flexibility index (Phi) is 5.62. The number of urea groups is 1. The van der Waals surface area contributed by atoms with Gasteiger partial charge in [0.25, 0.3) is 0 Å². The molecule has 1 fully saturated rings. The molecule has 0 unspecified atom stereocenters. The van der Waals surface area contributed by atoms with E-state index in [-0.39, 0.29) is 23.5 Å². The lowest BCUT2D eigenvalue weighted by atomic mass is 10.1. The second-order valence-electron chi connectivity index (χ2n) is 6.97. The van der Waals surface area contributed by atoms with E-state index in [4.69, 9.17) is 4.74 Å². The first kappa shape index (κ1) is 20.2. The molecule has 7 nitrogen and oxygen atoms in total. The van der Waals surface area contributed by atoms with Crippen molar-refractivity contribution in [2.45, 2.75) is 24.0 Å². The van der Waals surface area contributed by atoms with Crippen molar-refractivity contribution in [2.24, 2.45) is 0 Å². The third kappa shape index (κ3) is 3.57. The van der Waals surface area contributed by atoms with Gasteiger partial charge in [-0.3, -0.25) is 4.90 Å². The highest BCUT2D eigenvalue weighted by Crippen LogP contribution is 2.38. The normalized spacial score (nSPS) is 20.2. The van der Waals surface area contributed by atoms with Gasteiger partial charge in [-0.2, -0.15) is 4.31 Å². The molecule has 0 radical (unpaired) electrons. The summed E-state index contributed by atoms with van der Waals surface area (Å²) in [4.78, 5) is 16.1. The first-order valence-corrected chi connectivity index (χ1v) is 10.4. The van der Waals surface area contributed by atoms with Crippen LogP contribution in [0.5, 0.6) is 5.75 Å². The summed E-state index contributed by atoms with van der Waals surface area (Å²) in [6, 6.07) is 15.0. The number of ether oxygens (including phenoxy) is 1. The van der Waals surface area contributed by atoms with Crippen molar-refractivity contribution in [3.8, 4) is 5.75 Å². The van der Waals surface area contributed by atoms with Crippen LogP contribution in [-0.4, -0.2) is 62.3 Å². The number of benzene rings is 2. The molecule has 1 aliphatic rings. The topological polar surface area (TPSA) is 70.2 Å². The quantitative estimate of drug-likeness (QED) is 0.787. The predicted octanol–water partition coefficient (Wildman–Crippen LogP) is 2.77. The standard InChI is InChI=1S/C20H25N3O4S/c1-15-14-22(28(25,26)18-12-10-17(27-4)11-13-18)19(16-8-6-5-7-9-16)23(15)20(24)21(2)3/h5-13,15,19H,14H2,1-4H3/t15-,19+/m0/s1. The first-order chi connectivity index (χ1) is 13.3. The molecule has 0 saturated carbocycles. The Morgan fingerprint density at radius 3 is 2.21 bits per heavy atom. The van der Waals surface area contributed by atoms with Gasteiger partial charge in [0, 0.05) is 26.7 Å². The van der Waals surface area contributed by atoms with E-state index in [9.17, 15) is 13.2 Å². The molecule has 0 aromatic heterocycles. The van der Waals surface area contributed by atoms with E-state index in [1.807, 2.05) is 37.3 Å². The van der Waals surface area contributed by atoms with Crippen LogP contribution in [0, 0.1) is 0 Å². The summed E-state index contributed by atoms with van der Waals surface area (Å²) in [7, 11) is 1.04. The van der Waals surface area contributed by atoms with Gasteiger partial charge in [-0.05, 0) is 36.8 Å². The van der Waals surface area contributed by atoms with E-state index in [2.05, 4.69) is 0 Å². The summed E-state index contributed by atoms with van der Waals surface area (Å²) >= 11 is 0. The van der Waals surface area contributed by atoms with E-state index in [0.717, 1.165) is 5.56 Å². The van der Waals surface area contributed by atoms with Gasteiger partial charge >= 0.3 is 6.03 Å². The highest BCUT2D eigenvalue weighted by Gasteiger charge is 2.47.